The zero-order valence-electron chi connectivity index (χ0n) is 6.80. The molecule has 0 aliphatic heterocycles. The van der Waals surface area contributed by atoms with Gasteiger partial charge in [0.1, 0.15) is 0 Å². The summed E-state index contributed by atoms with van der Waals surface area (Å²) in [5, 5.41) is 0. The molecule has 0 heteroatoms. The van der Waals surface area contributed by atoms with Gasteiger partial charge in [-0.05, 0) is 36.5 Å². The molecule has 1 saturated carbocycles. The van der Waals surface area contributed by atoms with E-state index in [2.05, 4.69) is 26.0 Å². The van der Waals surface area contributed by atoms with Crippen molar-refractivity contribution in [2.75, 3.05) is 0 Å². The summed E-state index contributed by atoms with van der Waals surface area (Å²) in [6.07, 6.45) is 7.62. The third-order valence-corrected chi connectivity index (χ3v) is 2.89. The van der Waals surface area contributed by atoms with Gasteiger partial charge in [-0.3, -0.25) is 0 Å². The number of hydrogen-bond donors (Lipinski definition) is 0. The Morgan fingerprint density at radius 2 is 2.20 bits per heavy atom. The highest BCUT2D eigenvalue weighted by atomic mass is 14.4. The molecule has 0 saturated heterocycles. The fourth-order valence-corrected chi connectivity index (χ4v) is 2.32. The van der Waals surface area contributed by atoms with Crippen molar-refractivity contribution in [3.05, 3.63) is 18.1 Å². The molecule has 2 bridgehead atoms. The molecule has 0 N–H and O–H groups in total. The van der Waals surface area contributed by atoms with Crippen LogP contribution in [0.25, 0.3) is 0 Å². The second kappa shape index (κ2) is 2.11. The zero-order valence-corrected chi connectivity index (χ0v) is 6.80. The summed E-state index contributed by atoms with van der Waals surface area (Å²) >= 11 is 0. The van der Waals surface area contributed by atoms with E-state index >= 15 is 0 Å². The Morgan fingerprint density at radius 3 is 2.50 bits per heavy atom. The van der Waals surface area contributed by atoms with Crippen molar-refractivity contribution in [3.63, 3.8) is 0 Å². The maximum Gasteiger partial charge on any atom is -0.0141 e. The molecule has 55 valence electrons. The van der Waals surface area contributed by atoms with E-state index in [-0.39, 0.29) is 0 Å². The van der Waals surface area contributed by atoms with Gasteiger partial charge in [0.2, 0.25) is 0 Å². The molecule has 2 aliphatic carbocycles. The average Bonchev–Trinajstić information content (AvgIpc) is 2.44. The molecule has 0 amide bonds. The molecular weight excluding hydrogens is 120 g/mol. The van der Waals surface area contributed by atoms with Crippen molar-refractivity contribution in [2.45, 2.75) is 26.7 Å². The predicted octanol–water partition coefficient (Wildman–Crippen LogP) is 2.81. The molecule has 0 aromatic heterocycles. The Bertz CT molecular complexity index is 155. The van der Waals surface area contributed by atoms with E-state index in [1.807, 2.05) is 0 Å². The van der Waals surface area contributed by atoms with Crippen LogP contribution in [0.15, 0.2) is 12.2 Å². The Morgan fingerprint density at radius 1 is 1.40 bits per heavy atom. The minimum Gasteiger partial charge on any atom is -0.0851 e. The molecular formula is C10H15. The molecule has 2 unspecified atom stereocenters. The van der Waals surface area contributed by atoms with Crippen molar-refractivity contribution in [3.8, 4) is 0 Å². The summed E-state index contributed by atoms with van der Waals surface area (Å²) in [4.78, 5) is 0. The van der Waals surface area contributed by atoms with Crippen LogP contribution in [0.5, 0.6) is 0 Å². The zero-order chi connectivity index (χ0) is 7.14. The predicted molar refractivity (Wildman–Crippen MR) is 43.4 cm³/mol. The smallest absolute Gasteiger partial charge is 0.0141 e. The quantitative estimate of drug-likeness (QED) is 0.485. The standard InChI is InChI=1S/C10H15/c1-7(2)10-6-8-3-4-9(10)5-8/h3-4,7-9H,5-6H2,1-2H3. The van der Waals surface area contributed by atoms with Crippen LogP contribution >= 0.6 is 0 Å². The van der Waals surface area contributed by atoms with E-state index in [9.17, 15) is 0 Å². The van der Waals surface area contributed by atoms with Gasteiger partial charge in [0.25, 0.3) is 0 Å². The molecule has 2 atom stereocenters. The van der Waals surface area contributed by atoms with Crippen molar-refractivity contribution < 1.29 is 0 Å². The van der Waals surface area contributed by atoms with E-state index in [0.717, 1.165) is 17.8 Å². The topological polar surface area (TPSA) is 0 Å². The van der Waals surface area contributed by atoms with E-state index in [0.29, 0.717) is 0 Å². The highest BCUT2D eigenvalue weighted by molar-refractivity contribution is 5.22. The summed E-state index contributed by atoms with van der Waals surface area (Å²) in [5.74, 6) is 4.40. The third kappa shape index (κ3) is 0.817. The summed E-state index contributed by atoms with van der Waals surface area (Å²) in [7, 11) is 0. The minimum atomic E-state index is 0.819. The molecule has 0 heterocycles. The Kier molecular flexibility index (Phi) is 1.36. The van der Waals surface area contributed by atoms with E-state index in [1.54, 1.807) is 5.92 Å². The Hall–Kier alpha value is -0.260. The lowest BCUT2D eigenvalue weighted by Gasteiger charge is -2.20. The van der Waals surface area contributed by atoms with E-state index < -0.39 is 0 Å². The van der Waals surface area contributed by atoms with Crippen LogP contribution in [0.4, 0.5) is 0 Å². The fraction of sp³-hybridized carbons (Fsp3) is 0.700. The number of allylic oxidation sites excluding steroid dienone is 2. The Labute approximate surface area is 63.3 Å². The maximum atomic E-state index is 2.41. The SMILES string of the molecule is CC(C)[C]1CC2C=CC1C2. The lowest BCUT2D eigenvalue weighted by Crippen LogP contribution is -2.10. The highest BCUT2D eigenvalue weighted by Crippen LogP contribution is 2.47. The highest BCUT2D eigenvalue weighted by Gasteiger charge is 2.37. The van der Waals surface area contributed by atoms with Crippen LogP contribution in [0.3, 0.4) is 0 Å². The first kappa shape index (κ1) is 6.45. The summed E-state index contributed by atoms with van der Waals surface area (Å²) in [5.41, 5.74) is 0. The second-order valence-corrected chi connectivity index (χ2v) is 3.92. The van der Waals surface area contributed by atoms with Crippen LogP contribution in [-0.4, -0.2) is 0 Å². The first-order valence-corrected chi connectivity index (χ1v) is 4.31. The van der Waals surface area contributed by atoms with E-state index in [1.165, 1.54) is 12.8 Å². The molecule has 2 aliphatic rings. The van der Waals surface area contributed by atoms with Gasteiger partial charge in [0.15, 0.2) is 0 Å². The molecule has 0 aromatic rings. The van der Waals surface area contributed by atoms with E-state index in [4.69, 9.17) is 0 Å². The van der Waals surface area contributed by atoms with Crippen LogP contribution in [-0.2, 0) is 0 Å². The third-order valence-electron chi connectivity index (χ3n) is 2.89. The van der Waals surface area contributed by atoms with Gasteiger partial charge in [0.05, 0.1) is 0 Å². The normalized spacial score (nSPS) is 38.3. The van der Waals surface area contributed by atoms with Gasteiger partial charge < -0.3 is 0 Å². The summed E-state index contributed by atoms with van der Waals surface area (Å²) in [6, 6.07) is 0. The Balaban J connectivity index is 2.09. The summed E-state index contributed by atoms with van der Waals surface area (Å²) in [6.45, 7) is 4.65. The second-order valence-electron chi connectivity index (χ2n) is 3.92. The van der Waals surface area contributed by atoms with Crippen molar-refractivity contribution in [1.82, 2.24) is 0 Å². The fourth-order valence-electron chi connectivity index (χ4n) is 2.32. The molecule has 10 heavy (non-hydrogen) atoms. The maximum absolute atomic E-state index is 2.41. The van der Waals surface area contributed by atoms with Gasteiger partial charge in [0, 0.05) is 0 Å². The van der Waals surface area contributed by atoms with Gasteiger partial charge in [-0.2, -0.15) is 0 Å². The van der Waals surface area contributed by atoms with Crippen LogP contribution < -0.4 is 0 Å². The number of fused-ring (bicyclic) bond motifs is 2. The molecule has 0 spiro atoms. The molecule has 2 rings (SSSR count). The van der Waals surface area contributed by atoms with Crippen LogP contribution in [0, 0.1) is 23.7 Å². The molecule has 1 fully saturated rings. The average molecular weight is 135 g/mol. The van der Waals surface area contributed by atoms with Gasteiger partial charge in [-0.15, -0.1) is 0 Å². The summed E-state index contributed by atoms with van der Waals surface area (Å²) < 4.78 is 0. The lowest BCUT2D eigenvalue weighted by atomic mass is 9.84. The van der Waals surface area contributed by atoms with Crippen molar-refractivity contribution in [2.24, 2.45) is 17.8 Å². The van der Waals surface area contributed by atoms with Crippen LogP contribution in [0.2, 0.25) is 0 Å². The first-order valence-electron chi connectivity index (χ1n) is 4.31. The minimum absolute atomic E-state index is 0.819. The van der Waals surface area contributed by atoms with Crippen molar-refractivity contribution in [1.29, 1.82) is 0 Å². The monoisotopic (exact) mass is 135 g/mol. The molecule has 0 aromatic carbocycles. The van der Waals surface area contributed by atoms with Crippen molar-refractivity contribution >= 4 is 0 Å². The van der Waals surface area contributed by atoms with Crippen LogP contribution in [0.1, 0.15) is 26.7 Å². The molecule has 0 nitrogen and oxygen atoms in total. The largest absolute Gasteiger partial charge is 0.0851 e. The number of rotatable bonds is 1. The van der Waals surface area contributed by atoms with Gasteiger partial charge in [-0.1, -0.05) is 26.0 Å². The van der Waals surface area contributed by atoms with Gasteiger partial charge in [-0.25, -0.2) is 0 Å². The lowest BCUT2D eigenvalue weighted by molar-refractivity contribution is 0.552. The first-order chi connectivity index (χ1) is 4.77. The number of hydrogen-bond acceptors (Lipinski definition) is 0. The molecule has 1 radical (unpaired) electrons. The van der Waals surface area contributed by atoms with Gasteiger partial charge >= 0.3 is 0 Å².